The minimum absolute atomic E-state index is 0.170. The molecule has 0 spiro atoms. The Morgan fingerprint density at radius 2 is 2.00 bits per heavy atom. The first-order valence-corrected chi connectivity index (χ1v) is 7.12. The SMILES string of the molecule is CNC(=O)CCC1CCC(F)(F)CN1C(=O)OC(C)(C)C. The Labute approximate surface area is 124 Å². The van der Waals surface area contributed by atoms with Gasteiger partial charge in [-0.1, -0.05) is 0 Å². The number of amides is 2. The second-order valence-corrected chi connectivity index (χ2v) is 6.37. The minimum Gasteiger partial charge on any atom is -0.444 e. The van der Waals surface area contributed by atoms with Crippen molar-refractivity contribution in [3.05, 3.63) is 0 Å². The van der Waals surface area contributed by atoms with Crippen LogP contribution in [-0.4, -0.2) is 48.1 Å². The summed E-state index contributed by atoms with van der Waals surface area (Å²) >= 11 is 0. The largest absolute Gasteiger partial charge is 0.444 e. The number of likely N-dealkylation sites (tertiary alicyclic amines) is 1. The lowest BCUT2D eigenvalue weighted by molar-refractivity contribution is -0.121. The number of piperidine rings is 1. The van der Waals surface area contributed by atoms with Crippen LogP contribution in [0, 0.1) is 0 Å². The fourth-order valence-corrected chi connectivity index (χ4v) is 2.25. The Morgan fingerprint density at radius 3 is 2.52 bits per heavy atom. The topological polar surface area (TPSA) is 58.6 Å². The maximum Gasteiger partial charge on any atom is 0.410 e. The summed E-state index contributed by atoms with van der Waals surface area (Å²) in [5, 5.41) is 2.48. The van der Waals surface area contributed by atoms with E-state index >= 15 is 0 Å². The molecule has 122 valence electrons. The van der Waals surface area contributed by atoms with E-state index in [-0.39, 0.29) is 25.2 Å². The van der Waals surface area contributed by atoms with Gasteiger partial charge in [0.25, 0.3) is 5.92 Å². The molecule has 0 aromatic carbocycles. The minimum atomic E-state index is -2.90. The van der Waals surface area contributed by atoms with Crippen LogP contribution in [0.1, 0.15) is 46.5 Å². The molecular weight excluding hydrogens is 282 g/mol. The van der Waals surface area contributed by atoms with E-state index in [1.807, 2.05) is 0 Å². The lowest BCUT2D eigenvalue weighted by Gasteiger charge is -2.40. The van der Waals surface area contributed by atoms with Crippen molar-refractivity contribution in [3.8, 4) is 0 Å². The van der Waals surface area contributed by atoms with Crippen LogP contribution in [0.5, 0.6) is 0 Å². The monoisotopic (exact) mass is 306 g/mol. The molecule has 0 bridgehead atoms. The maximum atomic E-state index is 13.6. The molecule has 1 fully saturated rings. The molecule has 2 amide bonds. The predicted octanol–water partition coefficient (Wildman–Crippen LogP) is 2.55. The zero-order chi connectivity index (χ0) is 16.3. The molecule has 1 N–H and O–H groups in total. The van der Waals surface area contributed by atoms with Crippen LogP contribution in [0.2, 0.25) is 0 Å². The number of nitrogens with one attached hydrogen (secondary N) is 1. The quantitative estimate of drug-likeness (QED) is 0.871. The molecule has 1 rings (SSSR count). The second-order valence-electron chi connectivity index (χ2n) is 6.37. The number of hydrogen-bond donors (Lipinski definition) is 1. The van der Waals surface area contributed by atoms with Crippen LogP contribution in [-0.2, 0) is 9.53 Å². The standard InChI is InChI=1S/C14H24F2N2O3/c1-13(2,3)21-12(20)18-9-14(15,16)8-7-10(18)5-6-11(19)17-4/h10H,5-9H2,1-4H3,(H,17,19). The van der Waals surface area contributed by atoms with Gasteiger partial charge in [-0.3, -0.25) is 9.69 Å². The first-order valence-electron chi connectivity index (χ1n) is 7.12. The summed E-state index contributed by atoms with van der Waals surface area (Å²) in [6.07, 6.45) is -0.293. The Hall–Kier alpha value is -1.40. The van der Waals surface area contributed by atoms with Crippen molar-refractivity contribution in [2.24, 2.45) is 0 Å². The van der Waals surface area contributed by atoms with E-state index in [2.05, 4.69) is 5.32 Å². The molecule has 0 aromatic heterocycles. The van der Waals surface area contributed by atoms with Crippen LogP contribution >= 0.6 is 0 Å². The van der Waals surface area contributed by atoms with Crippen molar-refractivity contribution < 1.29 is 23.1 Å². The fourth-order valence-electron chi connectivity index (χ4n) is 2.25. The molecule has 0 aliphatic carbocycles. The number of ether oxygens (including phenoxy) is 1. The molecule has 7 heteroatoms. The van der Waals surface area contributed by atoms with Gasteiger partial charge in [0, 0.05) is 25.9 Å². The van der Waals surface area contributed by atoms with Gasteiger partial charge in [-0.15, -0.1) is 0 Å². The first-order chi connectivity index (χ1) is 9.54. The van der Waals surface area contributed by atoms with E-state index < -0.39 is 30.2 Å². The van der Waals surface area contributed by atoms with Gasteiger partial charge >= 0.3 is 6.09 Å². The van der Waals surface area contributed by atoms with Crippen molar-refractivity contribution in [1.29, 1.82) is 0 Å². The summed E-state index contributed by atoms with van der Waals surface area (Å²) in [7, 11) is 1.52. The zero-order valence-electron chi connectivity index (χ0n) is 13.0. The number of nitrogens with zero attached hydrogens (tertiary/aromatic N) is 1. The Balaban J connectivity index is 2.74. The number of carbonyl (C=O) groups is 2. The van der Waals surface area contributed by atoms with Gasteiger partial charge in [0.15, 0.2) is 0 Å². The van der Waals surface area contributed by atoms with Crippen molar-refractivity contribution in [2.45, 2.75) is 64.0 Å². The van der Waals surface area contributed by atoms with E-state index in [0.29, 0.717) is 6.42 Å². The number of carbonyl (C=O) groups excluding carboxylic acids is 2. The van der Waals surface area contributed by atoms with Crippen LogP contribution in [0.25, 0.3) is 0 Å². The van der Waals surface area contributed by atoms with Gasteiger partial charge in [-0.25, -0.2) is 13.6 Å². The van der Waals surface area contributed by atoms with E-state index in [0.717, 1.165) is 4.90 Å². The average molecular weight is 306 g/mol. The van der Waals surface area contributed by atoms with Crippen LogP contribution in [0.4, 0.5) is 13.6 Å². The summed E-state index contributed by atoms with van der Waals surface area (Å²) in [6, 6.07) is -0.392. The third-order valence-electron chi connectivity index (χ3n) is 3.30. The number of hydrogen-bond acceptors (Lipinski definition) is 3. The molecule has 1 atom stereocenters. The molecule has 0 saturated carbocycles. The van der Waals surface area contributed by atoms with Gasteiger partial charge < -0.3 is 10.1 Å². The smallest absolute Gasteiger partial charge is 0.410 e. The highest BCUT2D eigenvalue weighted by atomic mass is 19.3. The Bertz CT molecular complexity index is 394. The molecule has 1 aliphatic heterocycles. The zero-order valence-corrected chi connectivity index (χ0v) is 13.0. The van der Waals surface area contributed by atoms with E-state index in [1.54, 1.807) is 20.8 Å². The van der Waals surface area contributed by atoms with Gasteiger partial charge in [0.05, 0.1) is 6.54 Å². The van der Waals surface area contributed by atoms with Gasteiger partial charge in [-0.05, 0) is 33.6 Å². The molecule has 1 aliphatic rings. The maximum absolute atomic E-state index is 13.6. The third-order valence-corrected chi connectivity index (χ3v) is 3.30. The van der Waals surface area contributed by atoms with Crippen molar-refractivity contribution in [3.63, 3.8) is 0 Å². The van der Waals surface area contributed by atoms with Crippen molar-refractivity contribution >= 4 is 12.0 Å². The molecule has 0 radical (unpaired) electrons. The van der Waals surface area contributed by atoms with Crippen LogP contribution in [0.3, 0.4) is 0 Å². The highest BCUT2D eigenvalue weighted by molar-refractivity contribution is 5.75. The predicted molar refractivity (Wildman–Crippen MR) is 74.2 cm³/mol. The molecule has 1 unspecified atom stereocenters. The van der Waals surface area contributed by atoms with E-state index in [1.165, 1.54) is 7.05 Å². The summed E-state index contributed by atoms with van der Waals surface area (Å²) < 4.78 is 32.3. The lowest BCUT2D eigenvalue weighted by atomic mass is 9.96. The van der Waals surface area contributed by atoms with Gasteiger partial charge in [-0.2, -0.15) is 0 Å². The highest BCUT2D eigenvalue weighted by Crippen LogP contribution is 2.32. The summed E-state index contributed by atoms with van der Waals surface area (Å²) in [5.74, 6) is -3.07. The second kappa shape index (κ2) is 6.58. The Morgan fingerprint density at radius 1 is 1.38 bits per heavy atom. The highest BCUT2D eigenvalue weighted by Gasteiger charge is 2.43. The molecule has 1 saturated heterocycles. The van der Waals surface area contributed by atoms with E-state index in [4.69, 9.17) is 4.74 Å². The normalized spacial score (nSPS) is 21.8. The van der Waals surface area contributed by atoms with E-state index in [9.17, 15) is 18.4 Å². The molecule has 21 heavy (non-hydrogen) atoms. The Kier molecular flexibility index (Phi) is 5.53. The van der Waals surface area contributed by atoms with Gasteiger partial charge in [0.1, 0.15) is 5.60 Å². The fraction of sp³-hybridized carbons (Fsp3) is 0.857. The first kappa shape index (κ1) is 17.7. The summed E-state index contributed by atoms with van der Waals surface area (Å²) in [4.78, 5) is 24.5. The average Bonchev–Trinajstić information content (AvgIpc) is 2.34. The molecular formula is C14H24F2N2O3. The third kappa shape index (κ3) is 5.85. The molecule has 0 aromatic rings. The van der Waals surface area contributed by atoms with Gasteiger partial charge in [0.2, 0.25) is 5.91 Å². The van der Waals surface area contributed by atoms with Crippen molar-refractivity contribution in [1.82, 2.24) is 10.2 Å². The summed E-state index contributed by atoms with van der Waals surface area (Å²) in [6.45, 7) is 4.41. The van der Waals surface area contributed by atoms with Crippen molar-refractivity contribution in [2.75, 3.05) is 13.6 Å². The van der Waals surface area contributed by atoms with Crippen LogP contribution < -0.4 is 5.32 Å². The van der Waals surface area contributed by atoms with Crippen LogP contribution in [0.15, 0.2) is 0 Å². The number of rotatable bonds is 3. The number of alkyl halides is 2. The number of halogens is 2. The molecule has 5 nitrogen and oxygen atoms in total. The lowest BCUT2D eigenvalue weighted by Crippen LogP contribution is -2.53. The molecule has 1 heterocycles. The summed E-state index contributed by atoms with van der Waals surface area (Å²) in [5.41, 5.74) is -0.741.